The number of epoxide rings is 1. The minimum absolute atomic E-state index is 0.165. The van der Waals surface area contributed by atoms with Crippen LogP contribution in [0.5, 0.6) is 0 Å². The number of ether oxygens (including phenoxy) is 2. The monoisotopic (exact) mass is 1040 g/mol. The molecule has 11 rings (SSSR count). The molecule has 78 heavy (non-hydrogen) atoms. The van der Waals surface area contributed by atoms with Crippen molar-refractivity contribution < 1.29 is 18.3 Å². The summed E-state index contributed by atoms with van der Waals surface area (Å²) in [6.07, 6.45) is 1.56. The van der Waals surface area contributed by atoms with Crippen LogP contribution in [0.25, 0.3) is 0 Å². The quantitative estimate of drug-likeness (QED) is 0.0343. The van der Waals surface area contributed by atoms with Crippen LogP contribution in [0.1, 0.15) is 87.9 Å². The predicted molar refractivity (Wildman–Crippen MR) is 320 cm³/mol. The van der Waals surface area contributed by atoms with Gasteiger partial charge in [0.2, 0.25) is 0 Å². The minimum atomic E-state index is -4.27. The average Bonchev–Trinajstić information content (AvgIpc) is 4.33. The van der Waals surface area contributed by atoms with Crippen molar-refractivity contribution in [2.24, 2.45) is 0 Å². The van der Waals surface area contributed by atoms with E-state index in [2.05, 4.69) is 310 Å². The standard InChI is InChI=1S/C73H68O4Si/c1-72(53-32-54-74-55-65-56-75-65,68(57-33-12-2-13-34-57)58-35-14-3-15-36-58)76-78(66-49-28-10-29-50-66,67-51-30-11-31-52-67)77-73(69(59-37-16-4-17-38-59)60-39-18-5-19-40-60,70(61-41-20-6-21-42-61)62-43-22-7-23-44-62)71(63-45-24-8-25-46-63)64-47-26-9-27-48-64/h2-31,33-52,65,68-71H,32,53-56H2,1H3. The Bertz CT molecular complexity index is 2940. The lowest BCUT2D eigenvalue weighted by molar-refractivity contribution is -0.0480. The summed E-state index contributed by atoms with van der Waals surface area (Å²) in [5, 5.41) is 2.02. The van der Waals surface area contributed by atoms with E-state index < -0.39 is 37.5 Å². The SMILES string of the molecule is CC(CCCOCC1CO1)(O[Si](OC(C(c1ccccc1)c1ccccc1)(C(c1ccccc1)c1ccccc1)C(c1ccccc1)c1ccccc1)(c1ccccc1)c1ccccc1)C(c1ccccc1)c1ccccc1. The van der Waals surface area contributed by atoms with E-state index >= 15 is 0 Å². The summed E-state index contributed by atoms with van der Waals surface area (Å²) in [7, 11) is -4.27. The maximum absolute atomic E-state index is 9.56. The molecule has 2 atom stereocenters. The van der Waals surface area contributed by atoms with Crippen LogP contribution in [0.2, 0.25) is 0 Å². The summed E-state index contributed by atoms with van der Waals surface area (Å²) >= 11 is 0. The first-order valence-electron chi connectivity index (χ1n) is 27.7. The van der Waals surface area contributed by atoms with Crippen molar-refractivity contribution in [2.75, 3.05) is 19.8 Å². The summed E-state index contributed by atoms with van der Waals surface area (Å²) in [4.78, 5) is 0. The van der Waals surface area contributed by atoms with Gasteiger partial charge in [0.05, 0.1) is 24.4 Å². The molecule has 388 valence electrons. The van der Waals surface area contributed by atoms with E-state index in [9.17, 15) is 4.43 Å². The molecule has 1 aliphatic heterocycles. The fourth-order valence-electron chi connectivity index (χ4n) is 12.4. The third kappa shape index (κ3) is 11.4. The molecule has 4 nitrogen and oxygen atoms in total. The zero-order valence-electron chi connectivity index (χ0n) is 44.4. The van der Waals surface area contributed by atoms with E-state index in [1.54, 1.807) is 0 Å². The Balaban J connectivity index is 1.31. The van der Waals surface area contributed by atoms with Crippen LogP contribution in [-0.2, 0) is 18.3 Å². The first-order valence-corrected chi connectivity index (χ1v) is 29.5. The van der Waals surface area contributed by atoms with E-state index in [1.165, 1.54) is 0 Å². The summed E-state index contributed by atoms with van der Waals surface area (Å²) in [5.41, 5.74) is 6.93. The second-order valence-corrected chi connectivity index (χ2v) is 23.7. The molecular formula is C73H68O4Si. The highest BCUT2D eigenvalue weighted by atomic mass is 28.4. The van der Waals surface area contributed by atoms with Crippen molar-refractivity contribution in [2.45, 2.75) is 60.7 Å². The molecule has 0 spiro atoms. The Morgan fingerprint density at radius 1 is 0.372 bits per heavy atom. The Morgan fingerprint density at radius 3 is 0.897 bits per heavy atom. The molecule has 10 aromatic carbocycles. The zero-order chi connectivity index (χ0) is 52.9. The minimum Gasteiger partial charge on any atom is -0.381 e. The molecule has 0 aliphatic carbocycles. The number of rotatable bonds is 24. The van der Waals surface area contributed by atoms with Gasteiger partial charge in [-0.05, 0) is 74.6 Å². The van der Waals surface area contributed by atoms with Crippen LogP contribution in [-0.4, -0.2) is 45.7 Å². The van der Waals surface area contributed by atoms with Crippen LogP contribution in [0.3, 0.4) is 0 Å². The Hall–Kier alpha value is -7.74. The summed E-state index contributed by atoms with van der Waals surface area (Å²) in [6.45, 7) is 4.24. The zero-order valence-corrected chi connectivity index (χ0v) is 45.4. The molecule has 0 radical (unpaired) electrons. The molecule has 10 aromatic rings. The Morgan fingerprint density at radius 2 is 0.628 bits per heavy atom. The van der Waals surface area contributed by atoms with Gasteiger partial charge < -0.3 is 18.3 Å². The van der Waals surface area contributed by atoms with Crippen LogP contribution >= 0.6 is 0 Å². The van der Waals surface area contributed by atoms with Crippen molar-refractivity contribution in [3.63, 3.8) is 0 Å². The highest BCUT2D eigenvalue weighted by Gasteiger charge is 2.63. The molecular weight excluding hydrogens is 969 g/mol. The smallest absolute Gasteiger partial charge is 0.381 e. The lowest BCUT2D eigenvalue weighted by atomic mass is 9.58. The second-order valence-electron chi connectivity index (χ2n) is 20.9. The van der Waals surface area contributed by atoms with Crippen LogP contribution in [0.4, 0.5) is 0 Å². The third-order valence-electron chi connectivity index (χ3n) is 15.7. The van der Waals surface area contributed by atoms with E-state index in [1.807, 2.05) is 0 Å². The first-order chi connectivity index (χ1) is 38.6. The highest BCUT2D eigenvalue weighted by Crippen LogP contribution is 2.59. The third-order valence-corrected chi connectivity index (χ3v) is 19.3. The molecule has 1 heterocycles. The summed E-state index contributed by atoms with van der Waals surface area (Å²) < 4.78 is 30.6. The number of benzene rings is 10. The van der Waals surface area contributed by atoms with Crippen LogP contribution in [0, 0.1) is 0 Å². The topological polar surface area (TPSA) is 40.2 Å². The van der Waals surface area contributed by atoms with E-state index in [0.29, 0.717) is 19.6 Å². The van der Waals surface area contributed by atoms with Gasteiger partial charge in [0, 0.05) is 30.3 Å². The summed E-state index contributed by atoms with van der Waals surface area (Å²) in [5.74, 6) is -1.52. The van der Waals surface area contributed by atoms with Crippen molar-refractivity contribution in [3.05, 3.63) is 348 Å². The normalized spacial score (nSPS) is 14.4. The van der Waals surface area contributed by atoms with E-state index in [4.69, 9.17) is 13.9 Å². The Kier molecular flexibility index (Phi) is 16.6. The summed E-state index contributed by atoms with van der Waals surface area (Å²) in [6, 6.07) is 111. The second kappa shape index (κ2) is 24.7. The fraction of sp³-hybridized carbons (Fsp3) is 0.178. The highest BCUT2D eigenvalue weighted by molar-refractivity contribution is 6.92. The van der Waals surface area contributed by atoms with Crippen LogP contribution < -0.4 is 10.4 Å². The molecule has 0 aromatic heterocycles. The van der Waals surface area contributed by atoms with Crippen LogP contribution in [0.15, 0.2) is 303 Å². The van der Waals surface area contributed by atoms with Gasteiger partial charge >= 0.3 is 8.56 Å². The average molecular weight is 1040 g/mol. The van der Waals surface area contributed by atoms with Gasteiger partial charge in [-0.2, -0.15) is 0 Å². The number of hydrogen-bond acceptors (Lipinski definition) is 4. The maximum atomic E-state index is 9.56. The van der Waals surface area contributed by atoms with Crippen molar-refractivity contribution in [1.29, 1.82) is 0 Å². The van der Waals surface area contributed by atoms with E-state index in [0.717, 1.165) is 67.9 Å². The largest absolute Gasteiger partial charge is 0.408 e. The molecule has 1 saturated heterocycles. The first kappa shape index (κ1) is 52.3. The van der Waals surface area contributed by atoms with Gasteiger partial charge in [-0.1, -0.05) is 303 Å². The van der Waals surface area contributed by atoms with Gasteiger partial charge in [-0.3, -0.25) is 0 Å². The van der Waals surface area contributed by atoms with Gasteiger partial charge in [-0.15, -0.1) is 0 Å². The maximum Gasteiger partial charge on any atom is 0.408 e. The lowest BCUT2D eigenvalue weighted by Crippen LogP contribution is -2.72. The van der Waals surface area contributed by atoms with Gasteiger partial charge in [0.15, 0.2) is 0 Å². The van der Waals surface area contributed by atoms with Crippen molar-refractivity contribution >= 4 is 18.9 Å². The Labute approximate surface area is 463 Å². The van der Waals surface area contributed by atoms with Gasteiger partial charge in [-0.25, -0.2) is 0 Å². The molecule has 1 aliphatic rings. The van der Waals surface area contributed by atoms with Crippen molar-refractivity contribution in [1.82, 2.24) is 0 Å². The van der Waals surface area contributed by atoms with E-state index in [-0.39, 0.29) is 12.0 Å². The number of hydrogen-bond donors (Lipinski definition) is 0. The molecule has 5 heteroatoms. The molecule has 0 bridgehead atoms. The molecule has 1 fully saturated rings. The van der Waals surface area contributed by atoms with Gasteiger partial charge in [0.25, 0.3) is 0 Å². The molecule has 0 saturated carbocycles. The fourth-order valence-corrected chi connectivity index (χ4v) is 16.2. The lowest BCUT2D eigenvalue weighted by Gasteiger charge is -2.57. The van der Waals surface area contributed by atoms with Crippen molar-refractivity contribution in [3.8, 4) is 0 Å². The molecule has 0 N–H and O–H groups in total. The molecule has 0 amide bonds. The predicted octanol–water partition coefficient (Wildman–Crippen LogP) is 15.3. The van der Waals surface area contributed by atoms with Gasteiger partial charge in [0.1, 0.15) is 6.10 Å². The molecule has 2 unspecified atom stereocenters.